The summed E-state index contributed by atoms with van der Waals surface area (Å²) in [6.45, 7) is 1.92. The van der Waals surface area contributed by atoms with Gasteiger partial charge in [0.2, 0.25) is 0 Å². The molecule has 0 atom stereocenters. The number of anilines is 3. The number of methoxy groups -OCH3 is 1. The summed E-state index contributed by atoms with van der Waals surface area (Å²) in [6, 6.07) is 18.5. The van der Waals surface area contributed by atoms with E-state index in [1.54, 1.807) is 24.3 Å². The fourth-order valence-corrected chi connectivity index (χ4v) is 4.42. The molecule has 0 heterocycles. The molecule has 0 aromatic heterocycles. The first-order valence-electron chi connectivity index (χ1n) is 9.96. The molecule has 0 unspecified atom stereocenters. The second kappa shape index (κ2) is 9.32. The summed E-state index contributed by atoms with van der Waals surface area (Å²) >= 11 is 0. The van der Waals surface area contributed by atoms with Crippen molar-refractivity contribution in [1.82, 2.24) is 0 Å². The van der Waals surface area contributed by atoms with Gasteiger partial charge in [-0.1, -0.05) is 12.1 Å². The van der Waals surface area contributed by atoms with Gasteiger partial charge in [-0.3, -0.25) is 9.10 Å². The average molecular weight is 454 g/mol. The van der Waals surface area contributed by atoms with Crippen LogP contribution in [0.1, 0.15) is 15.9 Å². The van der Waals surface area contributed by atoms with Gasteiger partial charge < -0.3 is 15.0 Å². The van der Waals surface area contributed by atoms with Crippen molar-refractivity contribution >= 4 is 33.0 Å². The summed E-state index contributed by atoms with van der Waals surface area (Å²) in [5.74, 6) is 0.137. The topological polar surface area (TPSA) is 78.9 Å². The third-order valence-electron chi connectivity index (χ3n) is 5.17. The Labute approximate surface area is 189 Å². The lowest BCUT2D eigenvalue weighted by atomic mass is 10.1. The Hall–Kier alpha value is -3.52. The number of amides is 1. The fraction of sp³-hybridized carbons (Fsp3) is 0.208. The Morgan fingerprint density at radius 1 is 0.938 bits per heavy atom. The molecule has 0 aliphatic rings. The van der Waals surface area contributed by atoms with Crippen LogP contribution in [-0.4, -0.2) is 42.6 Å². The average Bonchev–Trinajstić information content (AvgIpc) is 2.79. The number of carbonyl (C=O) groups excluding carboxylic acids is 1. The molecule has 7 nitrogen and oxygen atoms in total. The Kier molecular flexibility index (Phi) is 6.74. The molecule has 0 fully saturated rings. The summed E-state index contributed by atoms with van der Waals surface area (Å²) < 4.78 is 32.6. The van der Waals surface area contributed by atoms with Gasteiger partial charge in [-0.25, -0.2) is 8.42 Å². The summed E-state index contributed by atoms with van der Waals surface area (Å²) in [7, 11) is 3.03. The summed E-state index contributed by atoms with van der Waals surface area (Å²) in [5.41, 5.74) is 3.46. The van der Waals surface area contributed by atoms with E-state index in [1.807, 2.05) is 44.1 Å². The van der Waals surface area contributed by atoms with Crippen molar-refractivity contribution in [2.75, 3.05) is 42.8 Å². The second-order valence-corrected chi connectivity index (χ2v) is 9.49. The monoisotopic (exact) mass is 453 g/mol. The lowest BCUT2D eigenvalue weighted by Crippen LogP contribution is -2.27. The third-order valence-corrected chi connectivity index (χ3v) is 6.96. The van der Waals surface area contributed by atoms with Gasteiger partial charge in [0.1, 0.15) is 5.75 Å². The zero-order valence-electron chi connectivity index (χ0n) is 18.8. The quantitative estimate of drug-likeness (QED) is 0.582. The maximum absolute atomic E-state index is 13.1. The molecule has 0 spiro atoms. The number of para-hydroxylation sites is 2. The van der Waals surface area contributed by atoms with Gasteiger partial charge in [0, 0.05) is 38.1 Å². The van der Waals surface area contributed by atoms with Gasteiger partial charge in [0.05, 0.1) is 17.7 Å². The van der Waals surface area contributed by atoms with Gasteiger partial charge in [-0.05, 0) is 67.1 Å². The van der Waals surface area contributed by atoms with Crippen LogP contribution in [0.5, 0.6) is 5.75 Å². The predicted molar refractivity (Wildman–Crippen MR) is 128 cm³/mol. The van der Waals surface area contributed by atoms with Gasteiger partial charge in [-0.15, -0.1) is 0 Å². The van der Waals surface area contributed by atoms with Crippen molar-refractivity contribution in [3.63, 3.8) is 0 Å². The molecule has 32 heavy (non-hydrogen) atoms. The van der Waals surface area contributed by atoms with Gasteiger partial charge in [0.25, 0.3) is 15.9 Å². The highest BCUT2D eigenvalue weighted by molar-refractivity contribution is 7.92. The van der Waals surface area contributed by atoms with E-state index in [-0.39, 0.29) is 10.8 Å². The number of sulfonamides is 1. The van der Waals surface area contributed by atoms with Crippen LogP contribution >= 0.6 is 0 Å². The van der Waals surface area contributed by atoms with E-state index < -0.39 is 10.0 Å². The molecule has 168 valence electrons. The summed E-state index contributed by atoms with van der Waals surface area (Å²) in [6.07, 6.45) is 0. The SMILES string of the molecule is COc1ccccc1N(C)S(=O)(=O)c1ccc(C(=O)Nc2ccc(N(C)C)cc2C)cc1. The maximum Gasteiger partial charge on any atom is 0.264 e. The van der Waals surface area contributed by atoms with Crippen LogP contribution in [0.2, 0.25) is 0 Å². The lowest BCUT2D eigenvalue weighted by Gasteiger charge is -2.21. The van der Waals surface area contributed by atoms with Crippen molar-refractivity contribution in [3.05, 3.63) is 77.9 Å². The zero-order valence-corrected chi connectivity index (χ0v) is 19.6. The maximum atomic E-state index is 13.1. The van der Waals surface area contributed by atoms with Crippen LogP contribution < -0.4 is 19.3 Å². The van der Waals surface area contributed by atoms with Crippen molar-refractivity contribution in [1.29, 1.82) is 0 Å². The molecular weight excluding hydrogens is 426 g/mol. The largest absolute Gasteiger partial charge is 0.495 e. The third kappa shape index (κ3) is 4.70. The van der Waals surface area contributed by atoms with E-state index in [9.17, 15) is 13.2 Å². The van der Waals surface area contributed by atoms with Crippen LogP contribution in [0.3, 0.4) is 0 Å². The lowest BCUT2D eigenvalue weighted by molar-refractivity contribution is 0.102. The molecule has 8 heteroatoms. The smallest absolute Gasteiger partial charge is 0.264 e. The molecule has 0 saturated carbocycles. The molecule has 0 saturated heterocycles. The molecular formula is C24H27N3O4S. The highest BCUT2D eigenvalue weighted by Crippen LogP contribution is 2.31. The molecule has 3 aromatic carbocycles. The van der Waals surface area contributed by atoms with Gasteiger partial charge >= 0.3 is 0 Å². The fourth-order valence-electron chi connectivity index (χ4n) is 3.22. The summed E-state index contributed by atoms with van der Waals surface area (Å²) in [5, 5.41) is 2.88. The number of nitrogens with one attached hydrogen (secondary N) is 1. The van der Waals surface area contributed by atoms with E-state index >= 15 is 0 Å². The van der Waals surface area contributed by atoms with E-state index in [1.165, 1.54) is 38.4 Å². The Balaban J connectivity index is 1.80. The standard InChI is InChI=1S/C24H27N3O4S/c1-17-16-19(26(2)3)12-15-21(17)25-24(28)18-10-13-20(14-11-18)32(29,30)27(4)22-8-6-7-9-23(22)31-5/h6-16H,1-5H3,(H,25,28). The highest BCUT2D eigenvalue weighted by atomic mass is 32.2. The first kappa shape index (κ1) is 23.1. The van der Waals surface area contributed by atoms with E-state index in [2.05, 4.69) is 5.32 Å². The minimum absolute atomic E-state index is 0.0778. The Bertz CT molecular complexity index is 1220. The van der Waals surface area contributed by atoms with Crippen molar-refractivity contribution in [2.24, 2.45) is 0 Å². The minimum Gasteiger partial charge on any atom is -0.495 e. The number of aryl methyl sites for hydroxylation is 1. The molecule has 0 radical (unpaired) electrons. The molecule has 1 N–H and O–H groups in total. The number of ether oxygens (including phenoxy) is 1. The minimum atomic E-state index is -3.83. The number of nitrogens with zero attached hydrogens (tertiary/aromatic N) is 2. The Morgan fingerprint density at radius 2 is 1.59 bits per heavy atom. The normalized spacial score (nSPS) is 11.0. The summed E-state index contributed by atoms with van der Waals surface area (Å²) in [4.78, 5) is 14.8. The molecule has 0 aliphatic carbocycles. The van der Waals surface area contributed by atoms with Crippen molar-refractivity contribution in [3.8, 4) is 5.75 Å². The van der Waals surface area contributed by atoms with Crippen LogP contribution in [0.4, 0.5) is 17.1 Å². The first-order chi connectivity index (χ1) is 15.1. The van der Waals surface area contributed by atoms with E-state index in [4.69, 9.17) is 4.74 Å². The first-order valence-corrected chi connectivity index (χ1v) is 11.4. The number of rotatable bonds is 7. The van der Waals surface area contributed by atoms with E-state index in [0.29, 0.717) is 22.7 Å². The van der Waals surface area contributed by atoms with Crippen LogP contribution in [-0.2, 0) is 10.0 Å². The van der Waals surface area contributed by atoms with Crippen LogP contribution in [0, 0.1) is 6.92 Å². The van der Waals surface area contributed by atoms with Gasteiger partial charge in [0.15, 0.2) is 0 Å². The molecule has 3 aromatic rings. The van der Waals surface area contributed by atoms with Crippen molar-refractivity contribution < 1.29 is 17.9 Å². The van der Waals surface area contributed by atoms with E-state index in [0.717, 1.165) is 15.6 Å². The van der Waals surface area contributed by atoms with Crippen molar-refractivity contribution in [2.45, 2.75) is 11.8 Å². The number of carbonyl (C=O) groups is 1. The molecule has 3 rings (SSSR count). The van der Waals surface area contributed by atoms with Crippen LogP contribution in [0.15, 0.2) is 71.6 Å². The highest BCUT2D eigenvalue weighted by Gasteiger charge is 2.24. The number of hydrogen-bond acceptors (Lipinski definition) is 5. The Morgan fingerprint density at radius 3 is 2.19 bits per heavy atom. The number of benzene rings is 3. The predicted octanol–water partition coefficient (Wildman–Crippen LogP) is 4.15. The zero-order chi connectivity index (χ0) is 23.5. The molecule has 1 amide bonds. The second-order valence-electron chi connectivity index (χ2n) is 7.52. The van der Waals surface area contributed by atoms with Crippen LogP contribution in [0.25, 0.3) is 0 Å². The molecule has 0 bridgehead atoms. The molecule has 0 aliphatic heterocycles. The van der Waals surface area contributed by atoms with Gasteiger partial charge in [-0.2, -0.15) is 0 Å². The number of hydrogen-bond donors (Lipinski definition) is 1.